The summed E-state index contributed by atoms with van der Waals surface area (Å²) in [5.74, 6) is 1.04. The third-order valence-corrected chi connectivity index (χ3v) is 4.80. The van der Waals surface area contributed by atoms with Gasteiger partial charge >= 0.3 is 0 Å². The quantitative estimate of drug-likeness (QED) is 0.678. The second kappa shape index (κ2) is 5.49. The zero-order chi connectivity index (χ0) is 15.0. The van der Waals surface area contributed by atoms with Crippen LogP contribution in [-0.2, 0) is 12.8 Å². The first-order chi connectivity index (χ1) is 9.93. The van der Waals surface area contributed by atoms with E-state index >= 15 is 0 Å². The standard InChI is InChI=1S/C19H21BrO/c1-13-5-4-6-14(9-13)10-17(20)15-7-8-18-16(11-15)12-19(2,3)21-18/h4-9,11,17H,10,12H2,1-3H3. The van der Waals surface area contributed by atoms with E-state index in [4.69, 9.17) is 4.74 Å². The van der Waals surface area contributed by atoms with Crippen LogP contribution in [0.5, 0.6) is 5.75 Å². The molecule has 110 valence electrons. The third-order valence-electron chi connectivity index (χ3n) is 3.95. The van der Waals surface area contributed by atoms with Crippen molar-refractivity contribution >= 4 is 15.9 Å². The van der Waals surface area contributed by atoms with Crippen molar-refractivity contribution in [2.45, 2.75) is 44.0 Å². The van der Waals surface area contributed by atoms with E-state index in [2.05, 4.69) is 79.2 Å². The van der Waals surface area contributed by atoms with Crippen LogP contribution in [0.25, 0.3) is 0 Å². The molecule has 2 heteroatoms. The minimum absolute atomic E-state index is 0.0701. The Morgan fingerprint density at radius 3 is 2.76 bits per heavy atom. The number of benzene rings is 2. The molecular weight excluding hydrogens is 324 g/mol. The average molecular weight is 345 g/mol. The molecular formula is C19H21BrO. The SMILES string of the molecule is Cc1cccc(CC(Br)c2ccc3c(c2)CC(C)(C)O3)c1. The maximum Gasteiger partial charge on any atom is 0.123 e. The van der Waals surface area contributed by atoms with E-state index in [1.807, 2.05) is 0 Å². The molecule has 0 saturated carbocycles. The minimum Gasteiger partial charge on any atom is -0.487 e. The van der Waals surface area contributed by atoms with Crippen molar-refractivity contribution < 1.29 is 4.74 Å². The molecule has 1 nitrogen and oxygen atoms in total. The van der Waals surface area contributed by atoms with Gasteiger partial charge in [-0.15, -0.1) is 0 Å². The highest BCUT2D eigenvalue weighted by Crippen LogP contribution is 2.38. The second-order valence-corrected chi connectivity index (χ2v) is 7.67. The van der Waals surface area contributed by atoms with Crippen LogP contribution in [0.4, 0.5) is 0 Å². The first-order valence-corrected chi connectivity index (χ1v) is 8.36. The van der Waals surface area contributed by atoms with Gasteiger partial charge in [-0.05, 0) is 49.9 Å². The maximum atomic E-state index is 5.95. The second-order valence-electron chi connectivity index (χ2n) is 6.57. The lowest BCUT2D eigenvalue weighted by Gasteiger charge is -2.16. The van der Waals surface area contributed by atoms with E-state index in [-0.39, 0.29) is 5.60 Å². The van der Waals surface area contributed by atoms with E-state index in [0.717, 1.165) is 18.6 Å². The molecule has 0 N–H and O–H groups in total. The molecule has 1 unspecified atom stereocenters. The number of ether oxygens (including phenoxy) is 1. The van der Waals surface area contributed by atoms with Gasteiger partial charge in [0, 0.05) is 11.2 Å². The van der Waals surface area contributed by atoms with Crippen LogP contribution < -0.4 is 4.74 Å². The molecule has 1 atom stereocenters. The highest BCUT2D eigenvalue weighted by atomic mass is 79.9. The average Bonchev–Trinajstić information content (AvgIpc) is 2.71. The van der Waals surface area contributed by atoms with Crippen LogP contribution in [0.2, 0.25) is 0 Å². The molecule has 1 aliphatic rings. The van der Waals surface area contributed by atoms with Crippen molar-refractivity contribution in [3.05, 3.63) is 64.7 Å². The topological polar surface area (TPSA) is 9.23 Å². The van der Waals surface area contributed by atoms with Crippen LogP contribution in [0.15, 0.2) is 42.5 Å². The summed E-state index contributed by atoms with van der Waals surface area (Å²) in [5, 5.41) is 0. The Kier molecular flexibility index (Phi) is 3.83. The van der Waals surface area contributed by atoms with E-state index in [0.29, 0.717) is 4.83 Å². The Bertz CT molecular complexity index is 660. The summed E-state index contributed by atoms with van der Waals surface area (Å²) in [4.78, 5) is 0.341. The summed E-state index contributed by atoms with van der Waals surface area (Å²) in [6.45, 7) is 6.43. The number of hydrogen-bond acceptors (Lipinski definition) is 1. The zero-order valence-corrected chi connectivity index (χ0v) is 14.4. The number of halogens is 1. The van der Waals surface area contributed by atoms with Crippen LogP contribution in [0.3, 0.4) is 0 Å². The van der Waals surface area contributed by atoms with Gasteiger partial charge in [0.05, 0.1) is 0 Å². The van der Waals surface area contributed by atoms with Crippen molar-refractivity contribution in [3.63, 3.8) is 0 Å². The molecule has 0 amide bonds. The third kappa shape index (κ3) is 3.32. The highest BCUT2D eigenvalue weighted by Gasteiger charge is 2.30. The number of aryl methyl sites for hydroxylation is 1. The Morgan fingerprint density at radius 1 is 1.19 bits per heavy atom. The Labute approximate surface area is 135 Å². The summed E-state index contributed by atoms with van der Waals surface area (Å²) in [7, 11) is 0. The summed E-state index contributed by atoms with van der Waals surface area (Å²) in [6.07, 6.45) is 1.99. The van der Waals surface area contributed by atoms with Gasteiger partial charge < -0.3 is 4.74 Å². The Balaban J connectivity index is 1.79. The lowest BCUT2D eigenvalue weighted by atomic mass is 9.97. The molecule has 0 bridgehead atoms. The minimum atomic E-state index is -0.0701. The fourth-order valence-corrected chi connectivity index (χ4v) is 3.65. The van der Waals surface area contributed by atoms with Crippen molar-refractivity contribution in [1.29, 1.82) is 0 Å². The molecule has 3 rings (SSSR count). The normalized spacial score (nSPS) is 17.1. The van der Waals surface area contributed by atoms with Crippen LogP contribution in [0.1, 0.15) is 40.9 Å². The van der Waals surface area contributed by atoms with Crippen molar-refractivity contribution in [2.24, 2.45) is 0 Å². The van der Waals surface area contributed by atoms with E-state index in [1.54, 1.807) is 0 Å². The summed E-state index contributed by atoms with van der Waals surface area (Å²) in [5.41, 5.74) is 5.27. The van der Waals surface area contributed by atoms with E-state index in [9.17, 15) is 0 Å². The molecule has 21 heavy (non-hydrogen) atoms. The largest absolute Gasteiger partial charge is 0.487 e. The number of hydrogen-bond donors (Lipinski definition) is 0. The molecule has 0 saturated heterocycles. The summed E-state index contributed by atoms with van der Waals surface area (Å²) >= 11 is 3.84. The predicted molar refractivity (Wildman–Crippen MR) is 91.4 cm³/mol. The Morgan fingerprint density at radius 2 is 2.00 bits per heavy atom. The summed E-state index contributed by atoms with van der Waals surface area (Å²) < 4.78 is 5.95. The Hall–Kier alpha value is -1.28. The molecule has 2 aromatic rings. The van der Waals surface area contributed by atoms with Gasteiger partial charge in [-0.3, -0.25) is 0 Å². The lowest BCUT2D eigenvalue weighted by Crippen LogP contribution is -2.24. The van der Waals surface area contributed by atoms with Crippen molar-refractivity contribution in [3.8, 4) is 5.75 Å². The monoisotopic (exact) mass is 344 g/mol. The van der Waals surface area contributed by atoms with Gasteiger partial charge in [-0.2, -0.15) is 0 Å². The van der Waals surface area contributed by atoms with Crippen LogP contribution in [-0.4, -0.2) is 5.60 Å². The maximum absolute atomic E-state index is 5.95. The van der Waals surface area contributed by atoms with Gasteiger partial charge in [0.15, 0.2) is 0 Å². The van der Waals surface area contributed by atoms with Gasteiger partial charge in [-0.25, -0.2) is 0 Å². The first kappa shape index (κ1) is 14.6. The van der Waals surface area contributed by atoms with E-state index in [1.165, 1.54) is 22.3 Å². The predicted octanol–water partition coefficient (Wildman–Crippen LogP) is 5.39. The van der Waals surface area contributed by atoms with Gasteiger partial charge in [0.2, 0.25) is 0 Å². The zero-order valence-electron chi connectivity index (χ0n) is 12.8. The van der Waals surface area contributed by atoms with Crippen LogP contribution >= 0.6 is 15.9 Å². The van der Waals surface area contributed by atoms with E-state index < -0.39 is 0 Å². The van der Waals surface area contributed by atoms with Gasteiger partial charge in [0.25, 0.3) is 0 Å². The molecule has 0 fully saturated rings. The number of rotatable bonds is 3. The van der Waals surface area contributed by atoms with Gasteiger partial charge in [0.1, 0.15) is 11.4 Å². The number of fused-ring (bicyclic) bond motifs is 1. The molecule has 2 aromatic carbocycles. The first-order valence-electron chi connectivity index (χ1n) is 7.44. The molecule has 1 aliphatic heterocycles. The summed E-state index contributed by atoms with van der Waals surface area (Å²) in [6, 6.07) is 15.3. The molecule has 0 radical (unpaired) electrons. The smallest absolute Gasteiger partial charge is 0.123 e. The highest BCUT2D eigenvalue weighted by molar-refractivity contribution is 9.09. The lowest BCUT2D eigenvalue weighted by molar-refractivity contribution is 0.138. The van der Waals surface area contributed by atoms with Crippen molar-refractivity contribution in [1.82, 2.24) is 0 Å². The fraction of sp³-hybridized carbons (Fsp3) is 0.368. The molecule has 0 aliphatic carbocycles. The molecule has 0 spiro atoms. The number of alkyl halides is 1. The molecule has 1 heterocycles. The van der Waals surface area contributed by atoms with Crippen molar-refractivity contribution in [2.75, 3.05) is 0 Å². The van der Waals surface area contributed by atoms with Gasteiger partial charge in [-0.1, -0.05) is 57.9 Å². The fourth-order valence-electron chi connectivity index (χ4n) is 2.99. The van der Waals surface area contributed by atoms with Crippen LogP contribution in [0, 0.1) is 6.92 Å². The molecule has 0 aromatic heterocycles.